The minimum Gasteiger partial charge on any atom is -0.497 e. The Bertz CT molecular complexity index is 1010. The lowest BCUT2D eigenvalue weighted by molar-refractivity contribution is -0.132. The molecule has 0 spiro atoms. The summed E-state index contributed by atoms with van der Waals surface area (Å²) in [4.78, 5) is 21.5. The molecule has 0 saturated heterocycles. The fourth-order valence-electron chi connectivity index (χ4n) is 2.52. The molecule has 0 amide bonds. The molecule has 27 heavy (non-hydrogen) atoms. The zero-order valence-corrected chi connectivity index (χ0v) is 16.1. The van der Waals surface area contributed by atoms with E-state index < -0.39 is 5.97 Å². The van der Waals surface area contributed by atoms with E-state index in [-0.39, 0.29) is 5.71 Å². The predicted molar refractivity (Wildman–Crippen MR) is 103 cm³/mol. The predicted octanol–water partition coefficient (Wildman–Crippen LogP) is 3.93. The topological polar surface area (TPSA) is 79.2 Å². The molecule has 0 aliphatic carbocycles. The van der Waals surface area contributed by atoms with Crippen molar-refractivity contribution in [3.05, 3.63) is 47.5 Å². The van der Waals surface area contributed by atoms with Crippen molar-refractivity contribution in [3.8, 4) is 16.7 Å². The molecule has 0 aliphatic heterocycles. The van der Waals surface area contributed by atoms with Gasteiger partial charge in [-0.3, -0.25) is 0 Å². The molecule has 3 rings (SSSR count). The summed E-state index contributed by atoms with van der Waals surface area (Å²) >= 11 is 1.37. The molecule has 3 aromatic rings. The number of thiazole rings is 1. The molecule has 1 heterocycles. The fourth-order valence-corrected chi connectivity index (χ4v) is 3.48. The first-order valence-electron chi connectivity index (χ1n) is 7.98. The molecule has 7 nitrogen and oxygen atoms in total. The molecule has 0 fully saturated rings. The highest BCUT2D eigenvalue weighted by atomic mass is 32.1. The second kappa shape index (κ2) is 8.05. The maximum atomic E-state index is 12.1. The number of hydrogen-bond acceptors (Lipinski definition) is 8. The summed E-state index contributed by atoms with van der Waals surface area (Å²) in [6, 6.07) is 11.0. The third-order valence-electron chi connectivity index (χ3n) is 3.68. The lowest BCUT2D eigenvalue weighted by Gasteiger charge is -2.06. The fraction of sp³-hybridized carbons (Fsp3) is 0.211. The van der Waals surface area contributed by atoms with Crippen molar-refractivity contribution in [1.29, 1.82) is 0 Å². The summed E-state index contributed by atoms with van der Waals surface area (Å²) in [7, 11) is 4.25. The van der Waals surface area contributed by atoms with Crippen LogP contribution in [0.15, 0.2) is 41.6 Å². The van der Waals surface area contributed by atoms with Gasteiger partial charge in [-0.05, 0) is 36.8 Å². The summed E-state index contributed by atoms with van der Waals surface area (Å²) in [5.41, 5.74) is 2.11. The van der Waals surface area contributed by atoms with Gasteiger partial charge >= 0.3 is 5.97 Å². The van der Waals surface area contributed by atoms with Crippen molar-refractivity contribution < 1.29 is 23.8 Å². The van der Waals surface area contributed by atoms with Crippen molar-refractivity contribution in [3.63, 3.8) is 0 Å². The average Bonchev–Trinajstić information content (AvgIpc) is 3.07. The Morgan fingerprint density at radius 3 is 2.59 bits per heavy atom. The van der Waals surface area contributed by atoms with Crippen LogP contribution in [0.25, 0.3) is 10.2 Å². The summed E-state index contributed by atoms with van der Waals surface area (Å²) in [5, 5.41) is 4.26. The number of carbonyl (C=O) groups excluding carboxylic acids is 1. The number of methoxy groups -OCH3 is 2. The molecular weight excluding hydrogens is 368 g/mol. The van der Waals surface area contributed by atoms with Gasteiger partial charge in [-0.1, -0.05) is 22.6 Å². The monoisotopic (exact) mass is 386 g/mol. The van der Waals surface area contributed by atoms with Gasteiger partial charge in [-0.15, -0.1) is 0 Å². The molecule has 0 saturated carbocycles. The largest absolute Gasteiger partial charge is 0.497 e. The Kier molecular flexibility index (Phi) is 5.56. The molecule has 2 aromatic carbocycles. The molecule has 0 unspecified atom stereocenters. The highest BCUT2D eigenvalue weighted by Gasteiger charge is 2.22. The second-order valence-electron chi connectivity index (χ2n) is 5.53. The van der Waals surface area contributed by atoms with Gasteiger partial charge < -0.3 is 19.0 Å². The molecule has 0 radical (unpaired) electrons. The van der Waals surface area contributed by atoms with Gasteiger partial charge in [0.2, 0.25) is 0 Å². The minimum atomic E-state index is -0.605. The Balaban J connectivity index is 2.06. The van der Waals surface area contributed by atoms with Crippen LogP contribution in [0.3, 0.4) is 0 Å². The Hall–Kier alpha value is -3.13. The van der Waals surface area contributed by atoms with Crippen LogP contribution >= 0.6 is 11.3 Å². The number of benzene rings is 2. The van der Waals surface area contributed by atoms with Gasteiger partial charge in [-0.25, -0.2) is 9.78 Å². The Morgan fingerprint density at radius 1 is 1.11 bits per heavy atom. The van der Waals surface area contributed by atoms with E-state index in [1.54, 1.807) is 13.2 Å². The quantitative estimate of drug-likeness (QED) is 0.363. The number of rotatable bonds is 6. The van der Waals surface area contributed by atoms with Gasteiger partial charge in [0.15, 0.2) is 5.71 Å². The van der Waals surface area contributed by atoms with Gasteiger partial charge in [0.25, 0.3) is 5.19 Å². The SMILES string of the molecule is CON=C(C(=O)OC)c1cc(C)cc2sc(Oc3cccc(OC)c3)nc12. The number of oxime groups is 1. The van der Waals surface area contributed by atoms with E-state index in [1.165, 1.54) is 25.6 Å². The first kappa shape index (κ1) is 18.7. The molecule has 0 atom stereocenters. The van der Waals surface area contributed by atoms with E-state index in [1.807, 2.05) is 37.3 Å². The number of ether oxygens (including phenoxy) is 3. The number of nitrogens with zero attached hydrogens (tertiary/aromatic N) is 2. The van der Waals surface area contributed by atoms with Gasteiger partial charge in [0.05, 0.1) is 24.4 Å². The number of carbonyl (C=O) groups is 1. The molecule has 0 bridgehead atoms. The lowest BCUT2D eigenvalue weighted by atomic mass is 10.1. The summed E-state index contributed by atoms with van der Waals surface area (Å²) in [6.07, 6.45) is 0. The lowest BCUT2D eigenvalue weighted by Crippen LogP contribution is -2.18. The van der Waals surface area contributed by atoms with Crippen LogP contribution in [0, 0.1) is 6.92 Å². The Labute approximate surface area is 160 Å². The van der Waals surface area contributed by atoms with E-state index in [9.17, 15) is 4.79 Å². The third kappa shape index (κ3) is 4.01. The van der Waals surface area contributed by atoms with E-state index in [0.717, 1.165) is 10.3 Å². The van der Waals surface area contributed by atoms with Crippen molar-refractivity contribution >= 4 is 33.2 Å². The van der Waals surface area contributed by atoms with Crippen LogP contribution < -0.4 is 9.47 Å². The van der Waals surface area contributed by atoms with E-state index in [4.69, 9.17) is 19.0 Å². The first-order chi connectivity index (χ1) is 13.0. The van der Waals surface area contributed by atoms with Crippen LogP contribution in [0.4, 0.5) is 0 Å². The number of fused-ring (bicyclic) bond motifs is 1. The molecule has 0 aliphatic rings. The molecular formula is C19H18N2O5S. The zero-order chi connectivity index (χ0) is 19.4. The van der Waals surface area contributed by atoms with Gasteiger partial charge in [-0.2, -0.15) is 0 Å². The molecule has 0 N–H and O–H groups in total. The van der Waals surface area contributed by atoms with Crippen LogP contribution in [0.2, 0.25) is 0 Å². The highest BCUT2D eigenvalue weighted by Crippen LogP contribution is 2.35. The Morgan fingerprint density at radius 2 is 1.89 bits per heavy atom. The first-order valence-corrected chi connectivity index (χ1v) is 8.80. The standard InChI is InChI=1S/C19H18N2O5S/c1-11-8-14(17(21-25-4)18(22)24-3)16-15(9-11)27-19(20-16)26-13-7-5-6-12(10-13)23-2/h5-10H,1-4H3. The summed E-state index contributed by atoms with van der Waals surface area (Å²) < 4.78 is 16.7. The normalized spacial score (nSPS) is 11.3. The molecule has 140 valence electrons. The van der Waals surface area contributed by atoms with Crippen LogP contribution in [0.1, 0.15) is 11.1 Å². The van der Waals surface area contributed by atoms with Crippen LogP contribution in [0.5, 0.6) is 16.7 Å². The number of esters is 1. The smallest absolute Gasteiger partial charge is 0.360 e. The highest BCUT2D eigenvalue weighted by molar-refractivity contribution is 7.20. The maximum Gasteiger partial charge on any atom is 0.360 e. The van der Waals surface area contributed by atoms with Crippen molar-refractivity contribution in [2.75, 3.05) is 21.3 Å². The molecule has 1 aromatic heterocycles. The van der Waals surface area contributed by atoms with Gasteiger partial charge in [0, 0.05) is 11.6 Å². The third-order valence-corrected chi connectivity index (χ3v) is 4.56. The van der Waals surface area contributed by atoms with Gasteiger partial charge in [0.1, 0.15) is 18.6 Å². The average molecular weight is 386 g/mol. The number of hydrogen-bond donors (Lipinski definition) is 0. The summed E-state index contributed by atoms with van der Waals surface area (Å²) in [6.45, 7) is 1.92. The number of aromatic nitrogens is 1. The number of aryl methyl sites for hydroxylation is 1. The molecule has 8 heteroatoms. The minimum absolute atomic E-state index is 0.0481. The van der Waals surface area contributed by atoms with E-state index >= 15 is 0 Å². The van der Waals surface area contributed by atoms with Crippen molar-refractivity contribution in [2.24, 2.45) is 5.16 Å². The van der Waals surface area contributed by atoms with E-state index in [0.29, 0.717) is 27.8 Å². The van der Waals surface area contributed by atoms with Crippen LogP contribution in [-0.2, 0) is 14.4 Å². The second-order valence-corrected chi connectivity index (χ2v) is 6.53. The zero-order valence-electron chi connectivity index (χ0n) is 15.3. The van der Waals surface area contributed by atoms with Crippen molar-refractivity contribution in [2.45, 2.75) is 6.92 Å². The van der Waals surface area contributed by atoms with Crippen LogP contribution in [-0.4, -0.2) is 38.0 Å². The van der Waals surface area contributed by atoms with Crippen molar-refractivity contribution in [1.82, 2.24) is 4.98 Å². The van der Waals surface area contributed by atoms with E-state index in [2.05, 4.69) is 10.1 Å². The maximum absolute atomic E-state index is 12.1. The summed E-state index contributed by atoms with van der Waals surface area (Å²) in [5.74, 6) is 0.683.